The summed E-state index contributed by atoms with van der Waals surface area (Å²) in [5.74, 6) is 0.930. The maximum atomic E-state index is 12.4. The van der Waals surface area contributed by atoms with E-state index < -0.39 is 0 Å². The number of nitrogens with one attached hydrogen (secondary N) is 1. The number of Topliss-reactive ketones (excluding diaryl/α,β-unsaturated/α-hetero) is 1. The fourth-order valence-electron chi connectivity index (χ4n) is 2.68. The molecule has 1 amide bonds. The first-order chi connectivity index (χ1) is 9.65. The number of hydrogen-bond acceptors (Lipinski definition) is 4. The van der Waals surface area contributed by atoms with Crippen molar-refractivity contribution in [3.05, 3.63) is 29.3 Å². The Balaban J connectivity index is 1.71. The highest BCUT2D eigenvalue weighted by atomic mass is 16.5. The van der Waals surface area contributed by atoms with Crippen molar-refractivity contribution < 1.29 is 14.3 Å². The van der Waals surface area contributed by atoms with E-state index >= 15 is 0 Å². The Morgan fingerprint density at radius 1 is 1.50 bits per heavy atom. The average molecular weight is 274 g/mol. The van der Waals surface area contributed by atoms with Crippen molar-refractivity contribution in [2.24, 2.45) is 0 Å². The molecule has 3 rings (SSSR count). The van der Waals surface area contributed by atoms with Gasteiger partial charge >= 0.3 is 0 Å². The molecule has 1 N–H and O–H groups in total. The monoisotopic (exact) mass is 274 g/mol. The van der Waals surface area contributed by atoms with Crippen LogP contribution in [-0.2, 0) is 11.2 Å². The standard InChI is InChI=1S/C15H18N2O3/c1-10-15(19)16-5-6-17(10)9-13(18)11-2-3-14-12(8-11)4-7-20-14/h2-3,8,10H,4-7,9H2,1H3,(H,16,19). The molecule has 0 spiro atoms. The number of amides is 1. The molecule has 106 valence electrons. The fraction of sp³-hybridized carbons (Fsp3) is 0.467. The molecule has 1 aromatic rings. The van der Waals surface area contributed by atoms with Crippen LogP contribution in [0.3, 0.4) is 0 Å². The van der Waals surface area contributed by atoms with Crippen LogP contribution in [0.25, 0.3) is 0 Å². The molecule has 20 heavy (non-hydrogen) atoms. The molecular formula is C15H18N2O3. The minimum atomic E-state index is -0.245. The summed E-state index contributed by atoms with van der Waals surface area (Å²) < 4.78 is 5.44. The third-order valence-corrected chi connectivity index (χ3v) is 3.98. The molecule has 5 nitrogen and oxygen atoms in total. The highest BCUT2D eigenvalue weighted by Crippen LogP contribution is 2.26. The summed E-state index contributed by atoms with van der Waals surface area (Å²) in [7, 11) is 0. The molecule has 2 aliphatic heterocycles. The van der Waals surface area contributed by atoms with Crippen LogP contribution in [0.5, 0.6) is 5.75 Å². The van der Waals surface area contributed by atoms with Crippen LogP contribution in [0.2, 0.25) is 0 Å². The number of ketones is 1. The van der Waals surface area contributed by atoms with Crippen molar-refractivity contribution in [2.75, 3.05) is 26.2 Å². The summed E-state index contributed by atoms with van der Waals surface area (Å²) in [6.07, 6.45) is 0.860. The Bertz CT molecular complexity index is 556. The maximum Gasteiger partial charge on any atom is 0.237 e. The van der Waals surface area contributed by atoms with Crippen molar-refractivity contribution in [1.82, 2.24) is 10.2 Å². The van der Waals surface area contributed by atoms with Gasteiger partial charge in [-0.2, -0.15) is 0 Å². The van der Waals surface area contributed by atoms with Crippen LogP contribution in [0, 0.1) is 0 Å². The number of rotatable bonds is 3. The SMILES string of the molecule is CC1C(=O)NCCN1CC(=O)c1ccc2c(c1)CCO2. The van der Waals surface area contributed by atoms with Gasteiger partial charge < -0.3 is 10.1 Å². The fourth-order valence-corrected chi connectivity index (χ4v) is 2.68. The zero-order valence-corrected chi connectivity index (χ0v) is 11.5. The molecule has 2 heterocycles. The molecule has 1 saturated heterocycles. The van der Waals surface area contributed by atoms with E-state index in [1.807, 2.05) is 24.0 Å². The second-order valence-electron chi connectivity index (χ2n) is 5.28. The normalized spacial score (nSPS) is 22.1. The van der Waals surface area contributed by atoms with Gasteiger partial charge in [0, 0.05) is 25.1 Å². The summed E-state index contributed by atoms with van der Waals surface area (Å²) in [4.78, 5) is 25.9. The first kappa shape index (κ1) is 13.1. The topological polar surface area (TPSA) is 58.6 Å². The van der Waals surface area contributed by atoms with Gasteiger partial charge in [0.05, 0.1) is 19.2 Å². The predicted octanol–water partition coefficient (Wildman–Crippen LogP) is 0.625. The van der Waals surface area contributed by atoms with Gasteiger partial charge in [0.15, 0.2) is 5.78 Å². The smallest absolute Gasteiger partial charge is 0.237 e. The molecule has 1 unspecified atom stereocenters. The molecule has 0 aliphatic carbocycles. The Kier molecular flexibility index (Phi) is 3.44. The van der Waals surface area contributed by atoms with Crippen molar-refractivity contribution in [2.45, 2.75) is 19.4 Å². The van der Waals surface area contributed by atoms with Crippen LogP contribution in [0.15, 0.2) is 18.2 Å². The van der Waals surface area contributed by atoms with Gasteiger partial charge in [0.2, 0.25) is 5.91 Å². The first-order valence-corrected chi connectivity index (χ1v) is 6.96. The number of nitrogens with zero attached hydrogens (tertiary/aromatic N) is 1. The molecule has 0 radical (unpaired) electrons. The number of ether oxygens (including phenoxy) is 1. The van der Waals surface area contributed by atoms with E-state index in [1.54, 1.807) is 6.07 Å². The second kappa shape index (κ2) is 5.25. The van der Waals surface area contributed by atoms with E-state index in [2.05, 4.69) is 5.32 Å². The molecule has 0 saturated carbocycles. The Morgan fingerprint density at radius 2 is 2.35 bits per heavy atom. The van der Waals surface area contributed by atoms with Crippen LogP contribution in [0.1, 0.15) is 22.8 Å². The van der Waals surface area contributed by atoms with Crippen molar-refractivity contribution >= 4 is 11.7 Å². The van der Waals surface area contributed by atoms with Crippen molar-refractivity contribution in [3.63, 3.8) is 0 Å². The Morgan fingerprint density at radius 3 is 3.20 bits per heavy atom. The van der Waals surface area contributed by atoms with Crippen molar-refractivity contribution in [3.8, 4) is 5.75 Å². The summed E-state index contributed by atoms with van der Waals surface area (Å²) in [6.45, 7) is 4.13. The molecule has 1 atom stereocenters. The van der Waals surface area contributed by atoms with Gasteiger partial charge in [0.25, 0.3) is 0 Å². The van der Waals surface area contributed by atoms with E-state index in [0.29, 0.717) is 25.3 Å². The minimum Gasteiger partial charge on any atom is -0.493 e. The first-order valence-electron chi connectivity index (χ1n) is 6.96. The average Bonchev–Trinajstić information content (AvgIpc) is 2.91. The van der Waals surface area contributed by atoms with Crippen LogP contribution < -0.4 is 10.1 Å². The Hall–Kier alpha value is -1.88. The van der Waals surface area contributed by atoms with E-state index in [1.165, 1.54) is 0 Å². The van der Waals surface area contributed by atoms with Gasteiger partial charge in [-0.3, -0.25) is 14.5 Å². The highest BCUT2D eigenvalue weighted by molar-refractivity contribution is 5.98. The third-order valence-electron chi connectivity index (χ3n) is 3.98. The lowest BCUT2D eigenvalue weighted by Crippen LogP contribution is -2.55. The third kappa shape index (κ3) is 2.41. The van der Waals surface area contributed by atoms with Gasteiger partial charge in [-0.1, -0.05) is 0 Å². The number of hydrogen-bond donors (Lipinski definition) is 1. The quantitative estimate of drug-likeness (QED) is 0.821. The Labute approximate surface area is 117 Å². The summed E-state index contributed by atoms with van der Waals surface area (Å²) in [5.41, 5.74) is 1.80. The van der Waals surface area contributed by atoms with Gasteiger partial charge in [-0.25, -0.2) is 0 Å². The molecule has 0 bridgehead atoms. The summed E-state index contributed by atoms with van der Waals surface area (Å²) in [6, 6.07) is 5.34. The van der Waals surface area contributed by atoms with E-state index in [4.69, 9.17) is 4.74 Å². The molecular weight excluding hydrogens is 256 g/mol. The molecule has 5 heteroatoms. The molecule has 2 aliphatic rings. The lowest BCUT2D eigenvalue weighted by atomic mass is 10.0. The van der Waals surface area contributed by atoms with E-state index in [9.17, 15) is 9.59 Å². The highest BCUT2D eigenvalue weighted by Gasteiger charge is 2.27. The lowest BCUT2D eigenvalue weighted by Gasteiger charge is -2.32. The zero-order valence-electron chi connectivity index (χ0n) is 11.5. The maximum absolute atomic E-state index is 12.4. The summed E-state index contributed by atoms with van der Waals surface area (Å²) >= 11 is 0. The minimum absolute atomic E-state index is 0.00796. The molecule has 0 aromatic heterocycles. The van der Waals surface area contributed by atoms with Crippen LogP contribution in [0.4, 0.5) is 0 Å². The number of piperazine rings is 1. The number of benzene rings is 1. The van der Waals surface area contributed by atoms with E-state index in [0.717, 1.165) is 17.7 Å². The van der Waals surface area contributed by atoms with Crippen LogP contribution in [-0.4, -0.2) is 48.9 Å². The second-order valence-corrected chi connectivity index (χ2v) is 5.28. The van der Waals surface area contributed by atoms with E-state index in [-0.39, 0.29) is 24.3 Å². The zero-order chi connectivity index (χ0) is 14.1. The largest absolute Gasteiger partial charge is 0.493 e. The van der Waals surface area contributed by atoms with Gasteiger partial charge in [-0.05, 0) is 30.7 Å². The van der Waals surface area contributed by atoms with Crippen LogP contribution >= 0.6 is 0 Å². The van der Waals surface area contributed by atoms with Crippen molar-refractivity contribution in [1.29, 1.82) is 0 Å². The molecule has 1 aromatic carbocycles. The number of carbonyl (C=O) groups excluding carboxylic acids is 2. The predicted molar refractivity (Wildman–Crippen MR) is 74.0 cm³/mol. The van der Waals surface area contributed by atoms with Gasteiger partial charge in [-0.15, -0.1) is 0 Å². The molecule has 1 fully saturated rings. The lowest BCUT2D eigenvalue weighted by molar-refractivity contribution is -0.127. The summed E-state index contributed by atoms with van der Waals surface area (Å²) in [5, 5.41) is 2.80. The number of fused-ring (bicyclic) bond motifs is 1. The number of carbonyl (C=O) groups is 2. The van der Waals surface area contributed by atoms with Gasteiger partial charge in [0.1, 0.15) is 5.75 Å².